The molecule has 0 aliphatic carbocycles. The predicted octanol–water partition coefficient (Wildman–Crippen LogP) is 4.41. The molecule has 0 radical (unpaired) electrons. The van der Waals surface area contributed by atoms with Crippen LogP contribution in [-0.4, -0.2) is 11.4 Å². The summed E-state index contributed by atoms with van der Waals surface area (Å²) in [6, 6.07) is 11.7. The SMILES string of the molecule is O=Cc1cc(OCc2ccccc2)c2c(c1O)C1CCC2S1. The second-order valence-electron chi connectivity index (χ2n) is 5.72. The van der Waals surface area contributed by atoms with Gasteiger partial charge in [-0.15, -0.1) is 11.8 Å². The van der Waals surface area contributed by atoms with Crippen LogP contribution in [0, 0.1) is 0 Å². The first-order valence-corrected chi connectivity index (χ1v) is 8.39. The molecule has 2 unspecified atom stereocenters. The molecule has 1 fully saturated rings. The minimum atomic E-state index is 0.150. The highest BCUT2D eigenvalue weighted by molar-refractivity contribution is 8.00. The second kappa shape index (κ2) is 5.36. The molecule has 2 aromatic rings. The third-order valence-corrected chi connectivity index (χ3v) is 6.00. The van der Waals surface area contributed by atoms with Gasteiger partial charge in [0.2, 0.25) is 0 Å². The maximum absolute atomic E-state index is 11.2. The lowest BCUT2D eigenvalue weighted by Crippen LogP contribution is -2.05. The first-order valence-electron chi connectivity index (χ1n) is 7.45. The number of benzene rings is 2. The topological polar surface area (TPSA) is 46.5 Å². The molecule has 1 N–H and O–H groups in total. The van der Waals surface area contributed by atoms with E-state index in [1.165, 1.54) is 0 Å². The van der Waals surface area contributed by atoms with Gasteiger partial charge >= 0.3 is 0 Å². The Morgan fingerprint density at radius 3 is 2.64 bits per heavy atom. The Hall–Kier alpha value is -1.94. The number of carbonyl (C=O) groups excluding carboxylic acids is 1. The fraction of sp³-hybridized carbons (Fsp3) is 0.278. The average molecular weight is 312 g/mol. The van der Waals surface area contributed by atoms with E-state index in [2.05, 4.69) is 0 Å². The first-order chi connectivity index (χ1) is 10.8. The van der Waals surface area contributed by atoms with Crippen molar-refractivity contribution in [2.24, 2.45) is 0 Å². The van der Waals surface area contributed by atoms with E-state index in [0.717, 1.165) is 35.3 Å². The Kier molecular flexibility index (Phi) is 3.34. The van der Waals surface area contributed by atoms with Crippen LogP contribution in [0.3, 0.4) is 0 Å². The van der Waals surface area contributed by atoms with Crippen LogP contribution in [-0.2, 0) is 6.61 Å². The molecule has 1 saturated heterocycles. The van der Waals surface area contributed by atoms with Gasteiger partial charge in [0.05, 0.1) is 5.56 Å². The highest BCUT2D eigenvalue weighted by Gasteiger charge is 2.42. The van der Waals surface area contributed by atoms with E-state index in [4.69, 9.17) is 4.74 Å². The van der Waals surface area contributed by atoms with Crippen LogP contribution in [0.15, 0.2) is 36.4 Å². The van der Waals surface area contributed by atoms with E-state index < -0.39 is 0 Å². The zero-order valence-corrected chi connectivity index (χ0v) is 12.8. The number of hydrogen-bond acceptors (Lipinski definition) is 4. The summed E-state index contributed by atoms with van der Waals surface area (Å²) in [7, 11) is 0. The van der Waals surface area contributed by atoms with Crippen LogP contribution in [0.2, 0.25) is 0 Å². The van der Waals surface area contributed by atoms with Gasteiger partial charge in [-0.3, -0.25) is 4.79 Å². The molecule has 4 heteroatoms. The minimum Gasteiger partial charge on any atom is -0.507 e. The monoisotopic (exact) mass is 312 g/mol. The molecular weight excluding hydrogens is 296 g/mol. The second-order valence-corrected chi connectivity index (χ2v) is 7.13. The maximum atomic E-state index is 11.2. The molecule has 22 heavy (non-hydrogen) atoms. The summed E-state index contributed by atoms with van der Waals surface area (Å²) in [6.07, 6.45) is 2.89. The molecule has 2 aromatic carbocycles. The molecule has 2 aliphatic heterocycles. The van der Waals surface area contributed by atoms with Crippen LogP contribution in [0.1, 0.15) is 50.4 Å². The van der Waals surface area contributed by atoms with Gasteiger partial charge in [-0.05, 0) is 24.5 Å². The number of phenolic OH excluding ortho intramolecular Hbond substituents is 1. The molecule has 2 heterocycles. The normalized spacial score (nSPS) is 21.6. The summed E-state index contributed by atoms with van der Waals surface area (Å²) in [6.45, 7) is 0.471. The van der Waals surface area contributed by atoms with E-state index in [9.17, 15) is 9.90 Å². The molecule has 0 spiro atoms. The smallest absolute Gasteiger partial charge is 0.153 e. The molecule has 0 saturated carbocycles. The highest BCUT2D eigenvalue weighted by Crippen LogP contribution is 2.65. The minimum absolute atomic E-state index is 0.150. The molecule has 0 aromatic heterocycles. The quantitative estimate of drug-likeness (QED) is 0.850. The first kappa shape index (κ1) is 13.7. The lowest BCUT2D eigenvalue weighted by atomic mass is 9.88. The number of aldehydes is 1. The Labute approximate surface area is 133 Å². The predicted molar refractivity (Wildman–Crippen MR) is 86.6 cm³/mol. The molecule has 4 rings (SSSR count). The van der Waals surface area contributed by atoms with E-state index >= 15 is 0 Å². The number of rotatable bonds is 4. The Balaban J connectivity index is 1.72. The van der Waals surface area contributed by atoms with Gasteiger partial charge in [0, 0.05) is 21.6 Å². The number of thioether (sulfide) groups is 1. The van der Waals surface area contributed by atoms with Gasteiger partial charge in [0.1, 0.15) is 18.1 Å². The largest absolute Gasteiger partial charge is 0.507 e. The molecular formula is C18H16O3S. The summed E-state index contributed by atoms with van der Waals surface area (Å²) < 4.78 is 6.00. The van der Waals surface area contributed by atoms with E-state index in [0.29, 0.717) is 29.0 Å². The van der Waals surface area contributed by atoms with Crippen LogP contribution in [0.5, 0.6) is 11.5 Å². The van der Waals surface area contributed by atoms with Crippen molar-refractivity contribution in [3.8, 4) is 11.5 Å². The Bertz CT molecular complexity index is 727. The van der Waals surface area contributed by atoms with E-state index in [-0.39, 0.29) is 5.75 Å². The van der Waals surface area contributed by atoms with Crippen molar-refractivity contribution >= 4 is 18.0 Å². The molecule has 2 aliphatic rings. The van der Waals surface area contributed by atoms with Crippen LogP contribution < -0.4 is 4.74 Å². The van der Waals surface area contributed by atoms with Gasteiger partial charge in [0.15, 0.2) is 6.29 Å². The number of ether oxygens (including phenoxy) is 1. The summed E-state index contributed by atoms with van der Waals surface area (Å²) >= 11 is 1.87. The highest BCUT2D eigenvalue weighted by atomic mass is 32.2. The Morgan fingerprint density at radius 2 is 1.91 bits per heavy atom. The lowest BCUT2D eigenvalue weighted by molar-refractivity contribution is 0.112. The number of carbonyl (C=O) groups is 1. The molecule has 0 amide bonds. The third-order valence-electron chi connectivity index (χ3n) is 4.40. The van der Waals surface area contributed by atoms with E-state index in [1.54, 1.807) is 6.07 Å². The average Bonchev–Trinajstić information content (AvgIpc) is 3.17. The summed E-state index contributed by atoms with van der Waals surface area (Å²) in [4.78, 5) is 11.2. The van der Waals surface area contributed by atoms with Crippen LogP contribution in [0.4, 0.5) is 0 Å². The van der Waals surface area contributed by atoms with Crippen molar-refractivity contribution in [3.05, 3.63) is 58.7 Å². The fourth-order valence-electron chi connectivity index (χ4n) is 3.37. The van der Waals surface area contributed by atoms with Crippen molar-refractivity contribution in [2.75, 3.05) is 0 Å². The van der Waals surface area contributed by atoms with Crippen LogP contribution in [0.25, 0.3) is 0 Å². The van der Waals surface area contributed by atoms with Gasteiger partial charge in [-0.25, -0.2) is 0 Å². The van der Waals surface area contributed by atoms with Gasteiger partial charge in [-0.2, -0.15) is 0 Å². The molecule has 3 nitrogen and oxygen atoms in total. The van der Waals surface area contributed by atoms with Crippen molar-refractivity contribution in [3.63, 3.8) is 0 Å². The van der Waals surface area contributed by atoms with Gasteiger partial charge in [0.25, 0.3) is 0 Å². The summed E-state index contributed by atoms with van der Waals surface area (Å²) in [5.74, 6) is 0.898. The van der Waals surface area contributed by atoms with Gasteiger partial charge in [-0.1, -0.05) is 30.3 Å². The molecule has 2 atom stereocenters. The van der Waals surface area contributed by atoms with Crippen molar-refractivity contribution < 1.29 is 14.6 Å². The zero-order valence-electron chi connectivity index (χ0n) is 12.0. The fourth-order valence-corrected chi connectivity index (χ4v) is 5.06. The Morgan fingerprint density at radius 1 is 1.18 bits per heavy atom. The van der Waals surface area contributed by atoms with Crippen molar-refractivity contribution in [1.29, 1.82) is 0 Å². The number of fused-ring (bicyclic) bond motifs is 5. The lowest BCUT2D eigenvalue weighted by Gasteiger charge is -2.20. The molecule has 2 bridgehead atoms. The van der Waals surface area contributed by atoms with E-state index in [1.807, 2.05) is 42.1 Å². The summed E-state index contributed by atoms with van der Waals surface area (Å²) in [5.41, 5.74) is 3.44. The third kappa shape index (κ3) is 2.10. The van der Waals surface area contributed by atoms with Crippen LogP contribution >= 0.6 is 11.8 Å². The van der Waals surface area contributed by atoms with Crippen molar-refractivity contribution in [1.82, 2.24) is 0 Å². The van der Waals surface area contributed by atoms with Crippen molar-refractivity contribution in [2.45, 2.75) is 29.9 Å². The van der Waals surface area contributed by atoms with Gasteiger partial charge < -0.3 is 9.84 Å². The number of aromatic hydroxyl groups is 1. The standard InChI is InChI=1S/C18H16O3S/c19-9-12-8-13(21-10-11-4-2-1-3-5-11)16-14-6-7-15(22-14)17(16)18(12)20/h1-5,8-9,14-15,20H,6-7,10H2. The number of phenols is 1. The summed E-state index contributed by atoms with van der Waals surface area (Å²) in [5, 5.41) is 11.0. The number of hydrogen-bond donors (Lipinski definition) is 1. The maximum Gasteiger partial charge on any atom is 0.153 e. The zero-order chi connectivity index (χ0) is 15.1. The molecule has 112 valence electrons.